The lowest BCUT2D eigenvalue weighted by Gasteiger charge is -2.36. The van der Waals surface area contributed by atoms with Crippen LogP contribution in [0.1, 0.15) is 45.6 Å². The van der Waals surface area contributed by atoms with E-state index in [1.165, 1.54) is 24.0 Å². The second-order valence-electron chi connectivity index (χ2n) is 8.10. The number of benzene rings is 1. The molecule has 0 radical (unpaired) electrons. The van der Waals surface area contributed by atoms with Crippen molar-refractivity contribution in [2.24, 2.45) is 5.92 Å². The first-order valence-electron chi connectivity index (χ1n) is 9.92. The van der Waals surface area contributed by atoms with Gasteiger partial charge in [-0.15, -0.1) is 0 Å². The highest BCUT2D eigenvalue weighted by molar-refractivity contribution is 5.88. The van der Waals surface area contributed by atoms with E-state index >= 15 is 0 Å². The van der Waals surface area contributed by atoms with Crippen LogP contribution in [0.3, 0.4) is 0 Å². The standard InChI is InChI=1S/C21H28F2N2O5/c1-13(2)12-30-17(26)10-16(25-9-5-8-21(25,3)20(28)29)19(27)24-11-14-6-4-7-15(22)18(14)23/h4,6-7,13,16H,5,8-12H2,1-3H3,(H,24,27)(H,28,29)/t16?,21-/m1/s1. The van der Waals surface area contributed by atoms with Gasteiger partial charge in [0.2, 0.25) is 5.91 Å². The van der Waals surface area contributed by atoms with Gasteiger partial charge in [0.05, 0.1) is 13.0 Å². The minimum atomic E-state index is -1.32. The van der Waals surface area contributed by atoms with E-state index in [4.69, 9.17) is 4.74 Å². The SMILES string of the molecule is CC(C)COC(=O)CC(C(=O)NCc1cccc(F)c1F)N1CCC[C@]1(C)C(=O)O. The molecule has 1 aromatic rings. The topological polar surface area (TPSA) is 95.9 Å². The molecule has 0 bridgehead atoms. The van der Waals surface area contributed by atoms with Gasteiger partial charge >= 0.3 is 11.9 Å². The minimum absolute atomic E-state index is 0.0492. The first kappa shape index (κ1) is 23.7. The Bertz CT molecular complexity index is 802. The molecular formula is C21H28F2N2O5. The predicted octanol–water partition coefficient (Wildman–Crippen LogP) is 2.48. The molecule has 2 rings (SSSR count). The van der Waals surface area contributed by atoms with Crippen LogP contribution < -0.4 is 5.32 Å². The van der Waals surface area contributed by atoms with Crippen molar-refractivity contribution >= 4 is 17.8 Å². The molecule has 1 unspecified atom stereocenters. The van der Waals surface area contributed by atoms with Gasteiger partial charge in [-0.25, -0.2) is 8.78 Å². The number of likely N-dealkylation sites (tertiary alicyclic amines) is 1. The zero-order chi connectivity index (χ0) is 22.5. The van der Waals surface area contributed by atoms with E-state index in [0.717, 1.165) is 6.07 Å². The number of carbonyl (C=O) groups is 3. The summed E-state index contributed by atoms with van der Waals surface area (Å²) >= 11 is 0. The van der Waals surface area contributed by atoms with Gasteiger partial charge in [-0.1, -0.05) is 26.0 Å². The normalized spacial score (nSPS) is 20.2. The number of carboxylic acid groups (broad SMARTS) is 1. The number of aliphatic carboxylic acids is 1. The number of amides is 1. The molecule has 1 saturated heterocycles. The van der Waals surface area contributed by atoms with Crippen LogP contribution in [0.5, 0.6) is 0 Å². The van der Waals surface area contributed by atoms with E-state index in [9.17, 15) is 28.3 Å². The molecule has 1 amide bonds. The summed E-state index contributed by atoms with van der Waals surface area (Å²) in [6.45, 7) is 5.44. The van der Waals surface area contributed by atoms with Crippen LogP contribution in [0.2, 0.25) is 0 Å². The van der Waals surface area contributed by atoms with Crippen molar-refractivity contribution in [2.75, 3.05) is 13.2 Å². The third kappa shape index (κ3) is 5.53. The van der Waals surface area contributed by atoms with Crippen LogP contribution in [-0.2, 0) is 25.7 Å². The highest BCUT2D eigenvalue weighted by atomic mass is 19.2. The van der Waals surface area contributed by atoms with Crippen molar-refractivity contribution in [3.63, 3.8) is 0 Å². The smallest absolute Gasteiger partial charge is 0.323 e. The Kier molecular flexibility index (Phi) is 7.89. The van der Waals surface area contributed by atoms with Gasteiger partial charge in [0, 0.05) is 18.7 Å². The van der Waals surface area contributed by atoms with Crippen molar-refractivity contribution in [1.29, 1.82) is 0 Å². The number of nitrogens with one attached hydrogen (secondary N) is 1. The van der Waals surface area contributed by atoms with Gasteiger partial charge in [-0.3, -0.25) is 19.3 Å². The maximum Gasteiger partial charge on any atom is 0.323 e. The molecule has 0 spiro atoms. The number of nitrogens with zero attached hydrogens (tertiary/aromatic N) is 1. The van der Waals surface area contributed by atoms with Crippen LogP contribution in [0.25, 0.3) is 0 Å². The molecule has 0 saturated carbocycles. The van der Waals surface area contributed by atoms with Gasteiger partial charge < -0.3 is 15.2 Å². The third-order valence-corrected chi connectivity index (χ3v) is 5.26. The summed E-state index contributed by atoms with van der Waals surface area (Å²) in [5.74, 6) is -4.36. The molecular weight excluding hydrogens is 398 g/mol. The fourth-order valence-electron chi connectivity index (χ4n) is 3.52. The third-order valence-electron chi connectivity index (χ3n) is 5.26. The number of rotatable bonds is 9. The van der Waals surface area contributed by atoms with E-state index < -0.39 is 41.1 Å². The second kappa shape index (κ2) is 9.97. The molecule has 2 N–H and O–H groups in total. The Labute approximate surface area is 174 Å². The summed E-state index contributed by atoms with van der Waals surface area (Å²) in [4.78, 5) is 38.5. The molecule has 0 aromatic heterocycles. The Hall–Kier alpha value is -2.55. The van der Waals surface area contributed by atoms with Crippen molar-refractivity contribution in [3.8, 4) is 0 Å². The lowest BCUT2D eigenvalue weighted by Crippen LogP contribution is -2.57. The van der Waals surface area contributed by atoms with E-state index in [1.807, 2.05) is 13.8 Å². The Balaban J connectivity index is 2.19. The molecule has 166 valence electrons. The second-order valence-corrected chi connectivity index (χ2v) is 8.10. The molecule has 7 nitrogen and oxygen atoms in total. The molecule has 2 atom stereocenters. The fraction of sp³-hybridized carbons (Fsp3) is 0.571. The summed E-state index contributed by atoms with van der Waals surface area (Å²) in [6.07, 6.45) is 0.533. The molecule has 1 heterocycles. The number of halogens is 2. The van der Waals surface area contributed by atoms with Crippen LogP contribution in [0.4, 0.5) is 8.78 Å². The van der Waals surface area contributed by atoms with E-state index in [0.29, 0.717) is 19.4 Å². The number of ether oxygens (including phenoxy) is 1. The first-order chi connectivity index (χ1) is 14.1. The summed E-state index contributed by atoms with van der Waals surface area (Å²) in [7, 11) is 0. The minimum Gasteiger partial charge on any atom is -0.480 e. The van der Waals surface area contributed by atoms with Crippen LogP contribution in [0.15, 0.2) is 18.2 Å². The zero-order valence-corrected chi connectivity index (χ0v) is 17.4. The summed E-state index contributed by atoms with van der Waals surface area (Å²) < 4.78 is 32.4. The average Bonchev–Trinajstić information content (AvgIpc) is 3.08. The van der Waals surface area contributed by atoms with Crippen molar-refractivity contribution in [1.82, 2.24) is 10.2 Å². The van der Waals surface area contributed by atoms with Crippen molar-refractivity contribution in [2.45, 2.75) is 58.2 Å². The van der Waals surface area contributed by atoms with Gasteiger partial charge in [0.15, 0.2) is 11.6 Å². The molecule has 1 fully saturated rings. The van der Waals surface area contributed by atoms with Crippen molar-refractivity contribution < 1.29 is 33.0 Å². The molecule has 1 aliphatic heterocycles. The number of hydrogen-bond acceptors (Lipinski definition) is 5. The highest BCUT2D eigenvalue weighted by Crippen LogP contribution is 2.32. The molecule has 9 heteroatoms. The average molecular weight is 426 g/mol. The Morgan fingerprint density at radius 2 is 2.00 bits per heavy atom. The number of esters is 1. The summed E-state index contributed by atoms with van der Waals surface area (Å²) in [5, 5.41) is 12.2. The van der Waals surface area contributed by atoms with Gasteiger partial charge in [0.25, 0.3) is 0 Å². The van der Waals surface area contributed by atoms with Crippen LogP contribution in [-0.4, -0.2) is 52.6 Å². The monoisotopic (exact) mass is 426 g/mol. The summed E-state index contributed by atoms with van der Waals surface area (Å²) in [6, 6.07) is 2.52. The van der Waals surface area contributed by atoms with Crippen LogP contribution in [0, 0.1) is 17.6 Å². The van der Waals surface area contributed by atoms with Crippen LogP contribution >= 0.6 is 0 Å². The number of carboxylic acids is 1. The fourth-order valence-corrected chi connectivity index (χ4v) is 3.52. The zero-order valence-electron chi connectivity index (χ0n) is 17.4. The van der Waals surface area contributed by atoms with Crippen molar-refractivity contribution in [3.05, 3.63) is 35.4 Å². The molecule has 30 heavy (non-hydrogen) atoms. The quantitative estimate of drug-likeness (QED) is 0.589. The lowest BCUT2D eigenvalue weighted by atomic mass is 9.96. The van der Waals surface area contributed by atoms with E-state index in [1.54, 1.807) is 0 Å². The summed E-state index contributed by atoms with van der Waals surface area (Å²) in [5.41, 5.74) is -1.36. The predicted molar refractivity (Wildman–Crippen MR) is 104 cm³/mol. The Morgan fingerprint density at radius 3 is 2.63 bits per heavy atom. The van der Waals surface area contributed by atoms with Gasteiger partial charge in [-0.05, 0) is 31.7 Å². The highest BCUT2D eigenvalue weighted by Gasteiger charge is 2.48. The first-order valence-corrected chi connectivity index (χ1v) is 9.92. The number of hydrogen-bond donors (Lipinski definition) is 2. The number of carbonyl (C=O) groups excluding carboxylic acids is 2. The lowest BCUT2D eigenvalue weighted by molar-refractivity contribution is -0.156. The maximum absolute atomic E-state index is 13.9. The molecule has 1 aliphatic rings. The van der Waals surface area contributed by atoms with Gasteiger partial charge in [0.1, 0.15) is 11.6 Å². The molecule has 1 aromatic carbocycles. The largest absolute Gasteiger partial charge is 0.480 e. The van der Waals surface area contributed by atoms with E-state index in [2.05, 4.69) is 5.32 Å². The van der Waals surface area contributed by atoms with Gasteiger partial charge in [-0.2, -0.15) is 0 Å². The maximum atomic E-state index is 13.9. The Morgan fingerprint density at radius 1 is 1.30 bits per heavy atom. The molecule has 0 aliphatic carbocycles. The van der Waals surface area contributed by atoms with E-state index in [-0.39, 0.29) is 31.1 Å².